The van der Waals surface area contributed by atoms with E-state index >= 15 is 0 Å². The minimum atomic E-state index is -0.0581. The molecule has 25 heavy (non-hydrogen) atoms. The summed E-state index contributed by atoms with van der Waals surface area (Å²) in [5.74, 6) is 0.599. The molecule has 0 unspecified atom stereocenters. The van der Waals surface area contributed by atoms with Crippen molar-refractivity contribution in [3.63, 3.8) is 0 Å². The van der Waals surface area contributed by atoms with E-state index in [9.17, 15) is 4.79 Å². The zero-order valence-corrected chi connectivity index (χ0v) is 15.4. The Kier molecular flexibility index (Phi) is 4.86. The highest BCUT2D eigenvalue weighted by Gasteiger charge is 2.20. The highest BCUT2D eigenvalue weighted by molar-refractivity contribution is 7.13. The van der Waals surface area contributed by atoms with Crippen molar-refractivity contribution in [2.24, 2.45) is 0 Å². The van der Waals surface area contributed by atoms with Crippen LogP contribution in [0, 0.1) is 13.8 Å². The number of ketones is 1. The van der Waals surface area contributed by atoms with Gasteiger partial charge in [-0.1, -0.05) is 30.8 Å². The van der Waals surface area contributed by atoms with Crippen LogP contribution in [-0.2, 0) is 0 Å². The molecular weight excluding hydrogens is 328 g/mol. The molecule has 0 radical (unpaired) electrons. The Morgan fingerprint density at radius 2 is 1.76 bits per heavy atom. The first-order valence-electron chi connectivity index (χ1n) is 8.05. The summed E-state index contributed by atoms with van der Waals surface area (Å²) in [5, 5.41) is 2.04. The topological polar surface area (TPSA) is 26.3 Å². The monoisotopic (exact) mass is 348 g/mol. The third kappa shape index (κ3) is 3.28. The zero-order valence-electron chi connectivity index (χ0n) is 14.6. The minimum absolute atomic E-state index is 0.0581. The van der Waals surface area contributed by atoms with Crippen LogP contribution in [0.1, 0.15) is 27.0 Å². The highest BCUT2D eigenvalue weighted by atomic mass is 32.1. The summed E-state index contributed by atoms with van der Waals surface area (Å²) in [7, 11) is 1.61. The molecule has 2 aromatic carbocycles. The van der Waals surface area contributed by atoms with E-state index < -0.39 is 0 Å². The Morgan fingerprint density at radius 1 is 1.04 bits per heavy atom. The number of thiophene rings is 1. The number of Topliss-reactive ketones (excluding diaryl/α,β-unsaturated/α-hetero) is 1. The molecule has 126 valence electrons. The van der Waals surface area contributed by atoms with Gasteiger partial charge in [-0.2, -0.15) is 0 Å². The molecule has 0 aliphatic carbocycles. The number of rotatable bonds is 5. The van der Waals surface area contributed by atoms with Crippen LogP contribution < -0.4 is 4.74 Å². The second-order valence-electron chi connectivity index (χ2n) is 5.97. The fourth-order valence-electron chi connectivity index (χ4n) is 2.99. The normalized spacial score (nSPS) is 10.5. The number of aryl methyl sites for hydroxylation is 2. The number of carbonyl (C=O) groups is 1. The molecule has 0 saturated heterocycles. The van der Waals surface area contributed by atoms with Crippen molar-refractivity contribution in [1.29, 1.82) is 0 Å². The predicted octanol–water partition coefficient (Wildman–Crippen LogP) is 5.94. The first-order valence-corrected chi connectivity index (χ1v) is 8.93. The minimum Gasteiger partial charge on any atom is -0.496 e. The van der Waals surface area contributed by atoms with Gasteiger partial charge in [-0.15, -0.1) is 11.3 Å². The second kappa shape index (κ2) is 7.08. The molecule has 1 aromatic heterocycles. The van der Waals surface area contributed by atoms with Gasteiger partial charge in [-0.25, -0.2) is 0 Å². The van der Waals surface area contributed by atoms with E-state index in [1.807, 2.05) is 61.7 Å². The van der Waals surface area contributed by atoms with Gasteiger partial charge < -0.3 is 4.74 Å². The molecule has 0 N–H and O–H groups in total. The molecule has 1 heterocycles. The van der Waals surface area contributed by atoms with Gasteiger partial charge >= 0.3 is 0 Å². The maximum Gasteiger partial charge on any atom is 0.193 e. The Labute approximate surface area is 152 Å². The fraction of sp³-hybridized carbons (Fsp3) is 0.136. The van der Waals surface area contributed by atoms with Gasteiger partial charge in [0.15, 0.2) is 5.78 Å². The predicted molar refractivity (Wildman–Crippen MR) is 106 cm³/mol. The molecule has 0 bridgehead atoms. The number of ether oxygens (including phenoxy) is 1. The van der Waals surface area contributed by atoms with E-state index in [0.717, 1.165) is 32.7 Å². The molecule has 3 rings (SSSR count). The van der Waals surface area contributed by atoms with E-state index in [2.05, 4.69) is 12.6 Å². The van der Waals surface area contributed by atoms with Gasteiger partial charge in [0.2, 0.25) is 0 Å². The van der Waals surface area contributed by atoms with Crippen molar-refractivity contribution < 1.29 is 9.53 Å². The van der Waals surface area contributed by atoms with Crippen LogP contribution in [0.15, 0.2) is 60.5 Å². The van der Waals surface area contributed by atoms with Crippen molar-refractivity contribution in [3.05, 3.63) is 82.7 Å². The SMILES string of the molecule is C=C(C(=O)c1c(C)cccc1C)c1cc(-c2cccs2)ccc1OC. The number of hydrogen-bond donors (Lipinski definition) is 0. The van der Waals surface area contributed by atoms with Crippen LogP contribution >= 0.6 is 11.3 Å². The van der Waals surface area contributed by atoms with Gasteiger partial charge in [0.05, 0.1) is 7.11 Å². The molecule has 0 saturated carbocycles. The quantitative estimate of drug-likeness (QED) is 0.421. The van der Waals surface area contributed by atoms with Crippen LogP contribution in [0.3, 0.4) is 0 Å². The molecule has 0 fully saturated rings. The van der Waals surface area contributed by atoms with Crippen LogP contribution in [0.2, 0.25) is 0 Å². The van der Waals surface area contributed by atoms with Gasteiger partial charge in [-0.3, -0.25) is 4.79 Å². The van der Waals surface area contributed by atoms with Gasteiger partial charge in [0.25, 0.3) is 0 Å². The molecule has 0 aliphatic rings. The first kappa shape index (κ1) is 17.2. The summed E-state index contributed by atoms with van der Waals surface area (Å²) in [6, 6.07) is 15.8. The highest BCUT2D eigenvalue weighted by Crippen LogP contribution is 2.34. The number of benzene rings is 2. The van der Waals surface area contributed by atoms with Crippen LogP contribution in [0.5, 0.6) is 5.75 Å². The van der Waals surface area contributed by atoms with Crippen molar-refractivity contribution in [1.82, 2.24) is 0 Å². The molecule has 0 spiro atoms. The first-order chi connectivity index (χ1) is 12.0. The number of methoxy groups -OCH3 is 1. The van der Waals surface area contributed by atoms with E-state index in [-0.39, 0.29) is 5.78 Å². The standard InChI is InChI=1S/C22H20O2S/c1-14-7-5-8-15(2)21(14)22(23)16(3)18-13-17(10-11-19(18)24-4)20-9-6-12-25-20/h5-13H,3H2,1-2,4H3. The van der Waals surface area contributed by atoms with E-state index in [0.29, 0.717) is 11.3 Å². The average Bonchev–Trinajstić information content (AvgIpc) is 3.15. The largest absolute Gasteiger partial charge is 0.496 e. The third-order valence-corrected chi connectivity index (χ3v) is 5.23. The van der Waals surface area contributed by atoms with Gasteiger partial charge in [0.1, 0.15) is 5.75 Å². The maximum absolute atomic E-state index is 13.1. The summed E-state index contributed by atoms with van der Waals surface area (Å²) in [6.07, 6.45) is 0. The lowest BCUT2D eigenvalue weighted by Crippen LogP contribution is -2.07. The number of allylic oxidation sites excluding steroid dienone is 1. The Hall–Kier alpha value is -2.65. The van der Waals surface area contributed by atoms with E-state index in [1.165, 1.54) is 0 Å². The number of hydrogen-bond acceptors (Lipinski definition) is 3. The lowest BCUT2D eigenvalue weighted by atomic mass is 9.91. The zero-order chi connectivity index (χ0) is 18.0. The summed E-state index contributed by atoms with van der Waals surface area (Å²) in [4.78, 5) is 14.2. The lowest BCUT2D eigenvalue weighted by molar-refractivity contribution is 0.105. The average molecular weight is 348 g/mol. The van der Waals surface area contributed by atoms with Crippen LogP contribution in [-0.4, -0.2) is 12.9 Å². The van der Waals surface area contributed by atoms with Crippen molar-refractivity contribution in [3.8, 4) is 16.2 Å². The van der Waals surface area contributed by atoms with Crippen molar-refractivity contribution in [2.45, 2.75) is 13.8 Å². The van der Waals surface area contributed by atoms with E-state index in [1.54, 1.807) is 18.4 Å². The molecule has 0 amide bonds. The third-order valence-electron chi connectivity index (χ3n) is 4.31. The Bertz CT molecular complexity index is 916. The summed E-state index contributed by atoms with van der Waals surface area (Å²) < 4.78 is 5.48. The molecule has 3 heteroatoms. The number of carbonyl (C=O) groups excluding carboxylic acids is 1. The van der Waals surface area contributed by atoms with Crippen LogP contribution in [0.25, 0.3) is 16.0 Å². The smallest absolute Gasteiger partial charge is 0.193 e. The van der Waals surface area contributed by atoms with Gasteiger partial charge in [-0.05, 0) is 60.2 Å². The second-order valence-corrected chi connectivity index (χ2v) is 6.91. The molecule has 0 aliphatic heterocycles. The molecule has 3 aromatic rings. The van der Waals surface area contributed by atoms with Crippen LogP contribution in [0.4, 0.5) is 0 Å². The molecule has 0 atom stereocenters. The summed E-state index contributed by atoms with van der Waals surface area (Å²) >= 11 is 1.66. The van der Waals surface area contributed by atoms with Gasteiger partial charge in [0, 0.05) is 21.6 Å². The summed E-state index contributed by atoms with van der Waals surface area (Å²) in [5.41, 5.74) is 4.88. The van der Waals surface area contributed by atoms with Crippen molar-refractivity contribution >= 4 is 22.7 Å². The Balaban J connectivity index is 2.07. The fourth-order valence-corrected chi connectivity index (χ4v) is 3.71. The maximum atomic E-state index is 13.1. The molecular formula is C22H20O2S. The Morgan fingerprint density at radius 3 is 2.36 bits per heavy atom. The van der Waals surface area contributed by atoms with E-state index in [4.69, 9.17) is 4.74 Å². The molecule has 2 nitrogen and oxygen atoms in total. The summed E-state index contributed by atoms with van der Waals surface area (Å²) in [6.45, 7) is 7.99. The lowest BCUT2D eigenvalue weighted by Gasteiger charge is -2.14. The van der Waals surface area contributed by atoms with Crippen molar-refractivity contribution in [2.75, 3.05) is 7.11 Å².